The highest BCUT2D eigenvalue weighted by Crippen LogP contribution is 2.23. The van der Waals surface area contributed by atoms with Crippen LogP contribution in [-0.4, -0.2) is 32.5 Å². The number of aromatic nitrogens is 2. The van der Waals surface area contributed by atoms with Crippen molar-refractivity contribution < 1.29 is 9.90 Å². The molecule has 2 aromatic carbocycles. The van der Waals surface area contributed by atoms with Crippen molar-refractivity contribution in [3.63, 3.8) is 0 Å². The van der Waals surface area contributed by atoms with Gasteiger partial charge in [0, 0.05) is 12.1 Å². The van der Waals surface area contributed by atoms with E-state index in [1.54, 1.807) is 24.3 Å². The summed E-state index contributed by atoms with van der Waals surface area (Å²) in [5.74, 6) is 0.0967. The number of phenolic OH excluding ortho intramolecular Hbond substituents is 1. The molecule has 0 bridgehead atoms. The minimum atomic E-state index is -0.230. The molecule has 25 heavy (non-hydrogen) atoms. The number of thioether (sulfide) groups is 1. The number of nitrogens with one attached hydrogen (secondary N) is 1. The number of nitrogens with zero attached hydrogens (tertiary/aromatic N) is 3. The Kier molecular flexibility index (Phi) is 5.35. The molecule has 7 heteroatoms. The molecule has 1 heterocycles. The zero-order chi connectivity index (χ0) is 17.6. The third-order valence-corrected chi connectivity index (χ3v) is 4.57. The third kappa shape index (κ3) is 4.00. The molecule has 0 radical (unpaired) electrons. The Bertz CT molecular complexity index is 920. The summed E-state index contributed by atoms with van der Waals surface area (Å²) < 4.78 is 2.08. The van der Waals surface area contributed by atoms with Gasteiger partial charge in [-0.15, -0.1) is 0 Å². The van der Waals surface area contributed by atoms with Crippen LogP contribution in [-0.2, 0) is 11.3 Å². The van der Waals surface area contributed by atoms with Gasteiger partial charge in [-0.1, -0.05) is 36.0 Å². The highest BCUT2D eigenvalue weighted by Gasteiger charge is 2.11. The normalized spacial score (nSPS) is 11.2. The molecular weight excluding hydrogens is 336 g/mol. The Morgan fingerprint density at radius 2 is 2.04 bits per heavy atom. The molecule has 0 spiro atoms. The number of hydrogen-bond donors (Lipinski definition) is 2. The molecule has 3 aromatic rings. The van der Waals surface area contributed by atoms with E-state index in [9.17, 15) is 9.90 Å². The largest absolute Gasteiger partial charge is 0.507 e. The summed E-state index contributed by atoms with van der Waals surface area (Å²) in [5, 5.41) is 14.3. The van der Waals surface area contributed by atoms with Gasteiger partial charge in [0.05, 0.1) is 23.0 Å². The summed E-state index contributed by atoms with van der Waals surface area (Å²) in [7, 11) is 0. The fourth-order valence-electron chi connectivity index (χ4n) is 2.40. The number of hydrogen-bond acceptors (Lipinski definition) is 5. The first-order chi connectivity index (χ1) is 12.2. The first kappa shape index (κ1) is 17.0. The topological polar surface area (TPSA) is 79.5 Å². The predicted octanol–water partition coefficient (Wildman–Crippen LogP) is 3.00. The van der Waals surface area contributed by atoms with E-state index in [1.807, 2.05) is 24.3 Å². The number of benzene rings is 2. The number of phenols is 1. The van der Waals surface area contributed by atoms with E-state index in [0.717, 1.165) is 22.7 Å². The molecule has 1 amide bonds. The first-order valence-electron chi connectivity index (χ1n) is 7.87. The molecule has 0 aliphatic heterocycles. The summed E-state index contributed by atoms with van der Waals surface area (Å²) in [6.45, 7) is 2.84. The average Bonchev–Trinajstić information content (AvgIpc) is 2.99. The Morgan fingerprint density at radius 1 is 1.28 bits per heavy atom. The Morgan fingerprint density at radius 3 is 2.84 bits per heavy atom. The molecule has 0 aliphatic rings. The summed E-state index contributed by atoms with van der Waals surface area (Å²) in [6.07, 6.45) is 1.42. The number of rotatable bonds is 6. The zero-order valence-corrected chi connectivity index (χ0v) is 14.5. The van der Waals surface area contributed by atoms with Gasteiger partial charge in [-0.05, 0) is 31.2 Å². The van der Waals surface area contributed by atoms with E-state index in [-0.39, 0.29) is 17.4 Å². The zero-order valence-electron chi connectivity index (χ0n) is 13.7. The van der Waals surface area contributed by atoms with Crippen LogP contribution in [0.5, 0.6) is 5.75 Å². The minimum Gasteiger partial charge on any atom is -0.507 e. The van der Waals surface area contributed by atoms with Gasteiger partial charge in [0.1, 0.15) is 5.75 Å². The average molecular weight is 354 g/mol. The van der Waals surface area contributed by atoms with Crippen LogP contribution in [0.4, 0.5) is 0 Å². The van der Waals surface area contributed by atoms with E-state index in [2.05, 4.69) is 27.0 Å². The minimum absolute atomic E-state index is 0.117. The van der Waals surface area contributed by atoms with Crippen LogP contribution in [0.3, 0.4) is 0 Å². The molecule has 0 atom stereocenters. The Labute approximate surface area is 149 Å². The number of fused-ring (bicyclic) bond motifs is 1. The van der Waals surface area contributed by atoms with Crippen molar-refractivity contribution >= 4 is 34.9 Å². The van der Waals surface area contributed by atoms with E-state index in [0.29, 0.717) is 5.56 Å². The Hall–Kier alpha value is -2.80. The van der Waals surface area contributed by atoms with Gasteiger partial charge in [-0.3, -0.25) is 4.79 Å². The van der Waals surface area contributed by atoms with Crippen LogP contribution in [0.1, 0.15) is 12.5 Å². The summed E-state index contributed by atoms with van der Waals surface area (Å²) >= 11 is 1.37. The molecular formula is C18H18N4O2S. The van der Waals surface area contributed by atoms with E-state index in [4.69, 9.17) is 0 Å². The standard InChI is InChI=1S/C18H18N4O2S/c1-2-22-15-9-5-4-8-14(15)20-18(22)25-12-17(24)21-19-11-13-7-3-6-10-16(13)23/h3-11,23H,2,12H2,1H3,(H,21,24)/b19-11-. The van der Waals surface area contributed by atoms with Gasteiger partial charge in [0.2, 0.25) is 0 Å². The third-order valence-electron chi connectivity index (χ3n) is 3.60. The number of para-hydroxylation sites is 3. The number of imidazole rings is 1. The highest BCUT2D eigenvalue weighted by molar-refractivity contribution is 7.99. The maximum Gasteiger partial charge on any atom is 0.250 e. The molecule has 0 saturated heterocycles. The number of amides is 1. The van der Waals surface area contributed by atoms with Gasteiger partial charge in [0.15, 0.2) is 5.16 Å². The number of carbonyl (C=O) groups excluding carboxylic acids is 1. The van der Waals surface area contributed by atoms with Crippen molar-refractivity contribution in [1.29, 1.82) is 0 Å². The second-order valence-electron chi connectivity index (χ2n) is 5.27. The number of hydrazone groups is 1. The van der Waals surface area contributed by atoms with Crippen LogP contribution in [0, 0.1) is 0 Å². The molecule has 0 aliphatic carbocycles. The lowest BCUT2D eigenvalue weighted by Gasteiger charge is -2.05. The maximum absolute atomic E-state index is 12.0. The predicted molar refractivity (Wildman–Crippen MR) is 100.0 cm³/mol. The van der Waals surface area contributed by atoms with E-state index in [1.165, 1.54) is 18.0 Å². The second-order valence-corrected chi connectivity index (χ2v) is 6.21. The highest BCUT2D eigenvalue weighted by atomic mass is 32.2. The van der Waals surface area contributed by atoms with Crippen molar-refractivity contribution in [3.8, 4) is 5.75 Å². The van der Waals surface area contributed by atoms with Gasteiger partial charge < -0.3 is 9.67 Å². The van der Waals surface area contributed by atoms with Crippen LogP contribution in [0.15, 0.2) is 58.8 Å². The lowest BCUT2D eigenvalue weighted by atomic mass is 10.2. The SMILES string of the molecule is CCn1c(SCC(=O)N/N=C\c2ccccc2O)nc2ccccc21. The van der Waals surface area contributed by atoms with Crippen molar-refractivity contribution in [3.05, 3.63) is 54.1 Å². The summed E-state index contributed by atoms with van der Waals surface area (Å²) in [6, 6.07) is 14.7. The smallest absolute Gasteiger partial charge is 0.250 e. The second kappa shape index (κ2) is 7.85. The maximum atomic E-state index is 12.0. The molecule has 0 saturated carbocycles. The van der Waals surface area contributed by atoms with Crippen LogP contribution in [0.2, 0.25) is 0 Å². The van der Waals surface area contributed by atoms with Gasteiger partial charge >= 0.3 is 0 Å². The molecule has 6 nitrogen and oxygen atoms in total. The fraction of sp³-hybridized carbons (Fsp3) is 0.167. The van der Waals surface area contributed by atoms with Gasteiger partial charge in [-0.2, -0.15) is 5.10 Å². The quantitative estimate of drug-likeness (QED) is 0.405. The van der Waals surface area contributed by atoms with Crippen LogP contribution >= 0.6 is 11.8 Å². The molecule has 128 valence electrons. The Balaban J connectivity index is 1.60. The lowest BCUT2D eigenvalue weighted by Crippen LogP contribution is -2.20. The molecule has 1 aromatic heterocycles. The van der Waals surface area contributed by atoms with Gasteiger partial charge in [-0.25, -0.2) is 10.4 Å². The van der Waals surface area contributed by atoms with Crippen molar-refractivity contribution in [2.45, 2.75) is 18.6 Å². The van der Waals surface area contributed by atoms with Crippen LogP contribution < -0.4 is 5.43 Å². The molecule has 0 unspecified atom stereocenters. The monoisotopic (exact) mass is 354 g/mol. The number of aryl methyl sites for hydroxylation is 1. The number of aromatic hydroxyl groups is 1. The molecule has 0 fully saturated rings. The van der Waals surface area contributed by atoms with E-state index >= 15 is 0 Å². The fourth-order valence-corrected chi connectivity index (χ4v) is 3.27. The van der Waals surface area contributed by atoms with Crippen LogP contribution in [0.25, 0.3) is 11.0 Å². The van der Waals surface area contributed by atoms with Crippen molar-refractivity contribution in [1.82, 2.24) is 15.0 Å². The summed E-state index contributed by atoms with van der Waals surface area (Å²) in [5.41, 5.74) is 4.99. The first-order valence-corrected chi connectivity index (χ1v) is 8.85. The lowest BCUT2D eigenvalue weighted by molar-refractivity contribution is -0.118. The van der Waals surface area contributed by atoms with Crippen molar-refractivity contribution in [2.24, 2.45) is 5.10 Å². The van der Waals surface area contributed by atoms with Gasteiger partial charge in [0.25, 0.3) is 5.91 Å². The van der Waals surface area contributed by atoms with Crippen molar-refractivity contribution in [2.75, 3.05) is 5.75 Å². The molecule has 3 rings (SSSR count). The molecule has 2 N–H and O–H groups in total. The summed E-state index contributed by atoms with van der Waals surface area (Å²) in [4.78, 5) is 16.5. The van der Waals surface area contributed by atoms with E-state index < -0.39 is 0 Å². The number of carbonyl (C=O) groups is 1.